The molecule has 0 N–H and O–H groups in total. The summed E-state index contributed by atoms with van der Waals surface area (Å²) >= 11 is 4.72. The van der Waals surface area contributed by atoms with E-state index in [0.29, 0.717) is 0 Å². The van der Waals surface area contributed by atoms with Crippen LogP contribution in [0, 0.1) is 13.8 Å². The van der Waals surface area contributed by atoms with Gasteiger partial charge in [-0.1, -0.05) is 36.0 Å². The van der Waals surface area contributed by atoms with Crippen LogP contribution in [-0.2, 0) is 0 Å². The molecule has 1 radical (unpaired) electrons. The fourth-order valence-electron chi connectivity index (χ4n) is 0.846. The van der Waals surface area contributed by atoms with E-state index in [0.717, 1.165) is 5.56 Å². The number of hydrogen-bond donors (Lipinski definition) is 0. The molecule has 0 amide bonds. The van der Waals surface area contributed by atoms with Crippen molar-refractivity contribution in [2.75, 3.05) is 0 Å². The minimum Gasteiger partial charge on any atom is -0.0778 e. The second kappa shape index (κ2) is 2.93. The van der Waals surface area contributed by atoms with Gasteiger partial charge >= 0.3 is 0 Å². The molecule has 0 aliphatic rings. The molecule has 0 bridgehead atoms. The maximum Gasteiger partial charge on any atom is 0.0639 e. The van der Waals surface area contributed by atoms with Crippen LogP contribution < -0.4 is 0 Å². The Morgan fingerprint density at radius 3 is 2.50 bits per heavy atom. The highest BCUT2D eigenvalue weighted by Crippen LogP contribution is 2.07. The SMILES string of the molecule is Cc1ccc(C)c([C]=S)c1. The Bertz CT molecular complexity index is 251. The third-order valence-corrected chi connectivity index (χ3v) is 1.72. The molecule has 0 saturated heterocycles. The van der Waals surface area contributed by atoms with Crippen LogP contribution >= 0.6 is 12.2 Å². The molecule has 0 aromatic heterocycles. The molecule has 0 aliphatic carbocycles. The zero-order valence-corrected chi connectivity index (χ0v) is 6.96. The van der Waals surface area contributed by atoms with E-state index in [4.69, 9.17) is 12.2 Å². The summed E-state index contributed by atoms with van der Waals surface area (Å²) in [5, 5.41) is 2.72. The first-order chi connectivity index (χ1) is 4.74. The summed E-state index contributed by atoms with van der Waals surface area (Å²) < 4.78 is 0. The Morgan fingerprint density at radius 2 is 2.00 bits per heavy atom. The molecule has 1 aromatic carbocycles. The van der Waals surface area contributed by atoms with Crippen molar-refractivity contribution >= 4 is 17.6 Å². The molecule has 0 aliphatic heterocycles. The van der Waals surface area contributed by atoms with Crippen molar-refractivity contribution < 1.29 is 0 Å². The number of rotatable bonds is 1. The van der Waals surface area contributed by atoms with Gasteiger partial charge in [0.15, 0.2) is 0 Å². The van der Waals surface area contributed by atoms with E-state index in [-0.39, 0.29) is 0 Å². The second-order valence-electron chi connectivity index (χ2n) is 2.42. The maximum absolute atomic E-state index is 4.72. The molecule has 0 atom stereocenters. The number of thiocarbonyl (C=S) groups is 1. The van der Waals surface area contributed by atoms with Crippen LogP contribution in [0.15, 0.2) is 18.2 Å². The van der Waals surface area contributed by atoms with Gasteiger partial charge in [0.2, 0.25) is 0 Å². The smallest absolute Gasteiger partial charge is 0.0639 e. The Kier molecular flexibility index (Phi) is 2.17. The highest BCUT2D eigenvalue weighted by atomic mass is 32.1. The van der Waals surface area contributed by atoms with Gasteiger partial charge in [0.1, 0.15) is 0 Å². The molecule has 10 heavy (non-hydrogen) atoms. The van der Waals surface area contributed by atoms with Gasteiger partial charge < -0.3 is 0 Å². The third kappa shape index (κ3) is 1.42. The summed E-state index contributed by atoms with van der Waals surface area (Å²) in [6.07, 6.45) is 0. The van der Waals surface area contributed by atoms with E-state index in [2.05, 4.69) is 24.4 Å². The Balaban J connectivity index is 3.21. The van der Waals surface area contributed by atoms with Gasteiger partial charge in [0, 0.05) is 0 Å². The fraction of sp³-hybridized carbons (Fsp3) is 0.222. The average Bonchev–Trinajstić information content (AvgIpc) is 1.94. The van der Waals surface area contributed by atoms with Gasteiger partial charge in [-0.15, -0.1) is 0 Å². The maximum atomic E-state index is 4.72. The topological polar surface area (TPSA) is 0 Å². The highest BCUT2D eigenvalue weighted by molar-refractivity contribution is 7.79. The van der Waals surface area contributed by atoms with Gasteiger partial charge in [-0.3, -0.25) is 0 Å². The van der Waals surface area contributed by atoms with E-state index < -0.39 is 0 Å². The lowest BCUT2D eigenvalue weighted by atomic mass is 10.1. The molecule has 1 aromatic rings. The molecule has 0 fully saturated rings. The van der Waals surface area contributed by atoms with Crippen LogP contribution in [-0.4, -0.2) is 5.37 Å². The molecule has 0 saturated carbocycles. The second-order valence-corrected chi connectivity index (χ2v) is 2.62. The van der Waals surface area contributed by atoms with Crippen LogP contribution in [0.5, 0.6) is 0 Å². The van der Waals surface area contributed by atoms with Crippen molar-refractivity contribution in [2.24, 2.45) is 0 Å². The van der Waals surface area contributed by atoms with Crippen LogP contribution in [0.3, 0.4) is 0 Å². The molecular formula is C9H9S. The number of benzene rings is 1. The van der Waals surface area contributed by atoms with E-state index in [1.807, 2.05) is 13.0 Å². The average molecular weight is 149 g/mol. The van der Waals surface area contributed by atoms with Gasteiger partial charge in [-0.2, -0.15) is 0 Å². The van der Waals surface area contributed by atoms with Gasteiger partial charge in [0.05, 0.1) is 5.37 Å². The van der Waals surface area contributed by atoms with Crippen LogP contribution in [0.2, 0.25) is 0 Å². The summed E-state index contributed by atoms with van der Waals surface area (Å²) in [6, 6.07) is 6.18. The predicted octanol–water partition coefficient (Wildman–Crippen LogP) is 2.53. The minimum absolute atomic E-state index is 1.04. The van der Waals surface area contributed by atoms with Crippen molar-refractivity contribution in [3.63, 3.8) is 0 Å². The zero-order chi connectivity index (χ0) is 7.56. The summed E-state index contributed by atoms with van der Waals surface area (Å²) in [7, 11) is 0. The lowest BCUT2D eigenvalue weighted by Gasteiger charge is -1.98. The van der Waals surface area contributed by atoms with Crippen molar-refractivity contribution in [1.82, 2.24) is 0 Å². The first-order valence-electron chi connectivity index (χ1n) is 3.19. The molecule has 0 nitrogen and oxygen atoms in total. The van der Waals surface area contributed by atoms with Gasteiger partial charge in [-0.25, -0.2) is 0 Å². The predicted molar refractivity (Wildman–Crippen MR) is 47.6 cm³/mol. The van der Waals surface area contributed by atoms with Crippen molar-refractivity contribution in [3.05, 3.63) is 34.9 Å². The molecule has 51 valence electrons. The van der Waals surface area contributed by atoms with Crippen molar-refractivity contribution in [1.29, 1.82) is 0 Å². The van der Waals surface area contributed by atoms with E-state index in [1.54, 1.807) is 0 Å². The number of hydrogen-bond acceptors (Lipinski definition) is 1. The van der Waals surface area contributed by atoms with E-state index in [9.17, 15) is 0 Å². The Hall–Kier alpha value is -0.690. The standard InChI is InChI=1S/C9H9S/c1-7-3-4-8(2)9(5-7)6-10/h3-5H,1-2H3. The summed E-state index contributed by atoms with van der Waals surface area (Å²) in [6.45, 7) is 4.09. The quantitative estimate of drug-likeness (QED) is 0.553. The normalized spacial score (nSPS) is 9.40. The van der Waals surface area contributed by atoms with Gasteiger partial charge in [-0.05, 0) is 25.0 Å². The minimum atomic E-state index is 1.04. The first kappa shape index (κ1) is 7.42. The van der Waals surface area contributed by atoms with Crippen molar-refractivity contribution in [3.8, 4) is 0 Å². The lowest BCUT2D eigenvalue weighted by molar-refractivity contribution is 1.39. The monoisotopic (exact) mass is 149 g/mol. The summed E-state index contributed by atoms with van der Waals surface area (Å²) in [5.74, 6) is 0. The van der Waals surface area contributed by atoms with E-state index in [1.165, 1.54) is 11.1 Å². The van der Waals surface area contributed by atoms with Crippen LogP contribution in [0.1, 0.15) is 16.7 Å². The molecule has 0 spiro atoms. The lowest BCUT2D eigenvalue weighted by Crippen LogP contribution is -1.85. The molecule has 1 rings (SSSR count). The molecular weight excluding hydrogens is 140 g/mol. The van der Waals surface area contributed by atoms with Crippen LogP contribution in [0.4, 0.5) is 0 Å². The number of aryl methyl sites for hydroxylation is 2. The van der Waals surface area contributed by atoms with Gasteiger partial charge in [0.25, 0.3) is 0 Å². The van der Waals surface area contributed by atoms with Crippen LogP contribution in [0.25, 0.3) is 0 Å². The Labute approximate surface area is 66.9 Å². The summed E-state index contributed by atoms with van der Waals surface area (Å²) in [4.78, 5) is 0. The zero-order valence-electron chi connectivity index (χ0n) is 6.14. The van der Waals surface area contributed by atoms with Crippen molar-refractivity contribution in [2.45, 2.75) is 13.8 Å². The summed E-state index contributed by atoms with van der Waals surface area (Å²) in [5.41, 5.74) is 3.47. The first-order valence-corrected chi connectivity index (χ1v) is 3.60. The van der Waals surface area contributed by atoms with E-state index >= 15 is 0 Å². The third-order valence-electron chi connectivity index (χ3n) is 1.50. The molecule has 1 heteroatoms. The largest absolute Gasteiger partial charge is 0.0778 e. The molecule has 0 unspecified atom stereocenters. The highest BCUT2D eigenvalue weighted by Gasteiger charge is 1.92. The fourth-order valence-corrected chi connectivity index (χ4v) is 1.07. The Morgan fingerprint density at radius 1 is 1.30 bits per heavy atom. The molecule has 0 heterocycles.